The summed E-state index contributed by atoms with van der Waals surface area (Å²) in [6.07, 6.45) is 3.54. The average Bonchev–Trinajstić information content (AvgIpc) is 2.60. The van der Waals surface area contributed by atoms with Crippen LogP contribution in [0.1, 0.15) is 81.1 Å². The van der Waals surface area contributed by atoms with E-state index in [1.807, 2.05) is 20.8 Å². The van der Waals surface area contributed by atoms with Crippen LogP contribution in [0, 0.1) is 28.1 Å². The number of esters is 3. The van der Waals surface area contributed by atoms with Gasteiger partial charge in [-0.05, 0) is 44.4 Å². The third-order valence-electron chi connectivity index (χ3n) is 6.66. The molecule has 2 atom stereocenters. The van der Waals surface area contributed by atoms with Gasteiger partial charge in [-0.3, -0.25) is 14.4 Å². The summed E-state index contributed by atoms with van der Waals surface area (Å²) in [6.45, 7) is 18.1. The van der Waals surface area contributed by atoms with Gasteiger partial charge in [0.2, 0.25) is 0 Å². The molecule has 0 aromatic rings. The van der Waals surface area contributed by atoms with Gasteiger partial charge in [0.1, 0.15) is 0 Å². The molecule has 29 heavy (non-hydrogen) atoms. The molecule has 168 valence electrons. The summed E-state index contributed by atoms with van der Waals surface area (Å²) in [7, 11) is 0. The molecule has 0 radical (unpaired) electrons. The second kappa shape index (κ2) is 9.94. The SMILES string of the molecule is CC1(C)CCCOC1=O.CC1C(=O)OCCC1(C)C.CC1CC(=O)OCC1(C)C. The zero-order valence-electron chi connectivity index (χ0n) is 19.6. The summed E-state index contributed by atoms with van der Waals surface area (Å²) in [5, 5.41) is 0. The van der Waals surface area contributed by atoms with Gasteiger partial charge < -0.3 is 14.2 Å². The van der Waals surface area contributed by atoms with Gasteiger partial charge in [0.25, 0.3) is 0 Å². The van der Waals surface area contributed by atoms with Gasteiger partial charge in [-0.1, -0.05) is 41.5 Å². The van der Waals surface area contributed by atoms with Gasteiger partial charge in [-0.15, -0.1) is 0 Å². The molecule has 6 heteroatoms. The Morgan fingerprint density at radius 2 is 1.41 bits per heavy atom. The van der Waals surface area contributed by atoms with Crippen LogP contribution in [0.3, 0.4) is 0 Å². The first-order valence-electron chi connectivity index (χ1n) is 10.7. The molecule has 0 aromatic carbocycles. The first-order chi connectivity index (χ1) is 13.2. The van der Waals surface area contributed by atoms with Crippen molar-refractivity contribution in [1.29, 1.82) is 0 Å². The predicted octanol–water partition coefficient (Wildman–Crippen LogP) is 4.54. The number of ether oxygens (including phenoxy) is 3. The van der Waals surface area contributed by atoms with E-state index in [1.54, 1.807) is 0 Å². The third kappa shape index (κ3) is 7.63. The average molecular weight is 413 g/mol. The van der Waals surface area contributed by atoms with E-state index >= 15 is 0 Å². The summed E-state index contributed by atoms with van der Waals surface area (Å²) in [5.74, 6) is 0.367. The van der Waals surface area contributed by atoms with Crippen LogP contribution in [-0.4, -0.2) is 37.7 Å². The minimum atomic E-state index is -0.224. The van der Waals surface area contributed by atoms with Gasteiger partial charge in [0.15, 0.2) is 0 Å². The van der Waals surface area contributed by atoms with Crippen molar-refractivity contribution < 1.29 is 28.6 Å². The molecule has 0 aromatic heterocycles. The molecule has 0 N–H and O–H groups in total. The Hall–Kier alpha value is -1.59. The molecule has 0 spiro atoms. The highest BCUT2D eigenvalue weighted by Gasteiger charge is 2.36. The zero-order chi connectivity index (χ0) is 22.5. The molecule has 2 unspecified atom stereocenters. The summed E-state index contributed by atoms with van der Waals surface area (Å²) in [6, 6.07) is 0. The van der Waals surface area contributed by atoms with Crippen molar-refractivity contribution >= 4 is 17.9 Å². The highest BCUT2D eigenvalue weighted by atomic mass is 16.5. The van der Waals surface area contributed by atoms with Crippen LogP contribution in [0.5, 0.6) is 0 Å². The molecule has 0 amide bonds. The van der Waals surface area contributed by atoms with Gasteiger partial charge in [0, 0.05) is 11.8 Å². The van der Waals surface area contributed by atoms with E-state index in [0.29, 0.717) is 32.2 Å². The summed E-state index contributed by atoms with van der Waals surface area (Å²) < 4.78 is 14.7. The summed E-state index contributed by atoms with van der Waals surface area (Å²) >= 11 is 0. The molecule has 6 nitrogen and oxygen atoms in total. The second-order valence-corrected chi connectivity index (χ2v) is 10.5. The minimum absolute atomic E-state index is 0.0451. The number of hydrogen-bond donors (Lipinski definition) is 0. The van der Waals surface area contributed by atoms with E-state index in [4.69, 9.17) is 14.2 Å². The number of carbonyl (C=O) groups excluding carboxylic acids is 3. The van der Waals surface area contributed by atoms with Crippen LogP contribution in [0.4, 0.5) is 0 Å². The zero-order valence-corrected chi connectivity index (χ0v) is 19.6. The topological polar surface area (TPSA) is 78.9 Å². The maximum atomic E-state index is 11.0. The first-order valence-corrected chi connectivity index (χ1v) is 10.7. The lowest BCUT2D eigenvalue weighted by Gasteiger charge is -2.34. The number of rotatable bonds is 0. The van der Waals surface area contributed by atoms with E-state index in [1.165, 1.54) is 0 Å². The van der Waals surface area contributed by atoms with Gasteiger partial charge in [0.05, 0.1) is 31.2 Å². The summed E-state index contributed by atoms with van der Waals surface area (Å²) in [4.78, 5) is 32.6. The lowest BCUT2D eigenvalue weighted by molar-refractivity contribution is -0.160. The van der Waals surface area contributed by atoms with E-state index in [-0.39, 0.29) is 40.1 Å². The standard InChI is InChI=1S/2C8H14O2.C7H12O2/c1-6-4-7(9)10-5-8(6,2)3;1-6-7(9)10-5-4-8(6,2)3;1-7(2)4-3-5-9-6(7)8/h2*6H,4-5H2,1-3H3;3-5H2,1-2H3. The number of carbonyl (C=O) groups is 3. The fourth-order valence-electron chi connectivity index (χ4n) is 3.05. The fourth-order valence-corrected chi connectivity index (χ4v) is 3.05. The molecular weight excluding hydrogens is 372 g/mol. The van der Waals surface area contributed by atoms with Crippen LogP contribution < -0.4 is 0 Å². The maximum absolute atomic E-state index is 11.0. The van der Waals surface area contributed by atoms with E-state index in [0.717, 1.165) is 19.3 Å². The van der Waals surface area contributed by atoms with E-state index in [9.17, 15) is 14.4 Å². The van der Waals surface area contributed by atoms with Gasteiger partial charge >= 0.3 is 17.9 Å². The van der Waals surface area contributed by atoms with Gasteiger partial charge in [-0.25, -0.2) is 0 Å². The molecule has 3 aliphatic heterocycles. The Bertz CT molecular complexity index is 590. The lowest BCUT2D eigenvalue weighted by atomic mass is 9.76. The van der Waals surface area contributed by atoms with E-state index in [2.05, 4.69) is 34.6 Å². The van der Waals surface area contributed by atoms with E-state index < -0.39 is 0 Å². The Kier molecular flexibility index (Phi) is 8.73. The van der Waals surface area contributed by atoms with Crippen LogP contribution >= 0.6 is 0 Å². The largest absolute Gasteiger partial charge is 0.465 e. The molecule has 0 bridgehead atoms. The highest BCUT2D eigenvalue weighted by Crippen LogP contribution is 2.35. The predicted molar refractivity (Wildman–Crippen MR) is 111 cm³/mol. The van der Waals surface area contributed by atoms with Crippen LogP contribution in [0.25, 0.3) is 0 Å². The molecule has 3 saturated heterocycles. The molecule has 3 heterocycles. The number of hydrogen-bond acceptors (Lipinski definition) is 6. The van der Waals surface area contributed by atoms with Crippen LogP contribution in [0.15, 0.2) is 0 Å². The Balaban J connectivity index is 0.000000218. The van der Waals surface area contributed by atoms with Crippen LogP contribution in [-0.2, 0) is 28.6 Å². The Morgan fingerprint density at radius 1 is 0.793 bits per heavy atom. The fraction of sp³-hybridized carbons (Fsp3) is 0.870. The molecule has 0 saturated carbocycles. The van der Waals surface area contributed by atoms with Crippen molar-refractivity contribution in [3.05, 3.63) is 0 Å². The molecule has 3 aliphatic rings. The number of cyclic esters (lactones) is 3. The second-order valence-electron chi connectivity index (χ2n) is 10.5. The normalized spacial score (nSPS) is 29.6. The monoisotopic (exact) mass is 412 g/mol. The lowest BCUT2D eigenvalue weighted by Crippen LogP contribution is -2.36. The van der Waals surface area contributed by atoms with Crippen molar-refractivity contribution in [2.24, 2.45) is 28.1 Å². The maximum Gasteiger partial charge on any atom is 0.311 e. The van der Waals surface area contributed by atoms with Crippen molar-refractivity contribution in [1.82, 2.24) is 0 Å². The van der Waals surface area contributed by atoms with Gasteiger partial charge in [-0.2, -0.15) is 0 Å². The molecule has 0 aliphatic carbocycles. The van der Waals surface area contributed by atoms with Crippen molar-refractivity contribution in [2.75, 3.05) is 19.8 Å². The Labute approximate surface area is 176 Å². The van der Waals surface area contributed by atoms with Crippen molar-refractivity contribution in [2.45, 2.75) is 81.1 Å². The quantitative estimate of drug-likeness (QED) is 0.429. The molecular formula is C23H40O6. The molecule has 3 fully saturated rings. The van der Waals surface area contributed by atoms with Crippen LogP contribution in [0.2, 0.25) is 0 Å². The minimum Gasteiger partial charge on any atom is -0.465 e. The first kappa shape index (κ1) is 25.4. The van der Waals surface area contributed by atoms with Crippen molar-refractivity contribution in [3.8, 4) is 0 Å². The summed E-state index contributed by atoms with van der Waals surface area (Å²) in [5.41, 5.74) is 0.0848. The molecule has 3 rings (SSSR count). The third-order valence-corrected chi connectivity index (χ3v) is 6.66. The smallest absolute Gasteiger partial charge is 0.311 e. The van der Waals surface area contributed by atoms with Crippen molar-refractivity contribution in [3.63, 3.8) is 0 Å². The highest BCUT2D eigenvalue weighted by molar-refractivity contribution is 5.76. The Morgan fingerprint density at radius 3 is 1.79 bits per heavy atom.